The second-order valence-corrected chi connectivity index (χ2v) is 3.49. The summed E-state index contributed by atoms with van der Waals surface area (Å²) in [5.74, 6) is -1.59. The molecule has 0 aliphatic heterocycles. The minimum absolute atomic E-state index is 0.128. The van der Waals surface area contributed by atoms with Crippen molar-refractivity contribution in [2.24, 2.45) is 0 Å². The second-order valence-electron chi connectivity index (χ2n) is 3.49. The van der Waals surface area contributed by atoms with Crippen molar-refractivity contribution in [3.63, 3.8) is 0 Å². The van der Waals surface area contributed by atoms with Gasteiger partial charge in [0.25, 0.3) is 0 Å². The fraction of sp³-hybridized carbons (Fsp3) is 0.455. The summed E-state index contributed by atoms with van der Waals surface area (Å²) in [5, 5.41) is 11.7. The number of rotatable bonds is 6. The first kappa shape index (κ1) is 12.4. The van der Waals surface area contributed by atoms with E-state index in [-0.39, 0.29) is 11.4 Å². The number of aromatic carboxylic acids is 1. The summed E-state index contributed by atoms with van der Waals surface area (Å²) in [5.41, 5.74) is -0.128. The van der Waals surface area contributed by atoms with Crippen LogP contribution in [0.4, 0.5) is 10.2 Å². The molecule has 1 aromatic rings. The molecular formula is C11H15FN2O2. The number of hydrogen-bond donors (Lipinski definition) is 2. The predicted octanol–water partition coefficient (Wildman–Crippen LogP) is 2.52. The van der Waals surface area contributed by atoms with Crippen LogP contribution in [0.25, 0.3) is 0 Å². The molecule has 0 aliphatic carbocycles. The van der Waals surface area contributed by atoms with E-state index < -0.39 is 11.8 Å². The number of hydrogen-bond acceptors (Lipinski definition) is 3. The first-order valence-electron chi connectivity index (χ1n) is 5.28. The minimum atomic E-state index is -1.18. The van der Waals surface area contributed by atoms with Crippen molar-refractivity contribution in [2.45, 2.75) is 26.2 Å². The van der Waals surface area contributed by atoms with Gasteiger partial charge >= 0.3 is 5.97 Å². The van der Waals surface area contributed by atoms with Crippen molar-refractivity contribution >= 4 is 11.8 Å². The Hall–Kier alpha value is -1.65. The smallest absolute Gasteiger partial charge is 0.339 e. The minimum Gasteiger partial charge on any atom is -0.478 e. The number of nitrogens with zero attached hydrogens (tertiary/aromatic N) is 1. The first-order chi connectivity index (χ1) is 7.65. The number of nitrogens with one attached hydrogen (secondary N) is 1. The van der Waals surface area contributed by atoms with Gasteiger partial charge in [0, 0.05) is 6.54 Å². The van der Waals surface area contributed by atoms with Gasteiger partial charge in [-0.3, -0.25) is 0 Å². The highest BCUT2D eigenvalue weighted by molar-refractivity contribution is 5.93. The molecule has 1 rings (SSSR count). The van der Waals surface area contributed by atoms with Gasteiger partial charge in [-0.25, -0.2) is 14.2 Å². The average Bonchev–Trinajstić information content (AvgIpc) is 2.26. The van der Waals surface area contributed by atoms with Gasteiger partial charge in [0.2, 0.25) is 0 Å². The molecule has 0 spiro atoms. The summed E-state index contributed by atoms with van der Waals surface area (Å²) >= 11 is 0. The summed E-state index contributed by atoms with van der Waals surface area (Å²) in [4.78, 5) is 14.5. The molecule has 0 saturated heterocycles. The van der Waals surface area contributed by atoms with Gasteiger partial charge in [0.1, 0.15) is 17.2 Å². The van der Waals surface area contributed by atoms with E-state index in [1.807, 2.05) is 0 Å². The standard InChI is InChI=1S/C11H15FN2O2/c1-2-3-4-5-13-10-9(11(15)16)6-8(12)7-14-10/h6-7H,2-5H2,1H3,(H,13,14)(H,15,16). The lowest BCUT2D eigenvalue weighted by molar-refractivity contribution is 0.0697. The Balaban J connectivity index is 2.67. The molecule has 0 atom stereocenters. The zero-order valence-electron chi connectivity index (χ0n) is 9.16. The monoisotopic (exact) mass is 226 g/mol. The number of pyridine rings is 1. The molecule has 5 heteroatoms. The Labute approximate surface area is 93.5 Å². The van der Waals surface area contributed by atoms with Gasteiger partial charge in [-0.1, -0.05) is 19.8 Å². The fourth-order valence-corrected chi connectivity index (χ4v) is 1.32. The van der Waals surface area contributed by atoms with Crippen molar-refractivity contribution in [1.82, 2.24) is 4.98 Å². The van der Waals surface area contributed by atoms with Gasteiger partial charge < -0.3 is 10.4 Å². The molecule has 0 bridgehead atoms. The average molecular weight is 226 g/mol. The van der Waals surface area contributed by atoms with Crippen molar-refractivity contribution in [3.8, 4) is 0 Å². The van der Waals surface area contributed by atoms with E-state index in [2.05, 4.69) is 17.2 Å². The molecule has 0 amide bonds. The van der Waals surface area contributed by atoms with Crippen molar-refractivity contribution in [2.75, 3.05) is 11.9 Å². The fourth-order valence-electron chi connectivity index (χ4n) is 1.32. The number of carbonyl (C=O) groups is 1. The summed E-state index contributed by atoms with van der Waals surface area (Å²) < 4.78 is 12.8. The molecule has 0 unspecified atom stereocenters. The van der Waals surface area contributed by atoms with Crippen LogP contribution in [0.3, 0.4) is 0 Å². The highest BCUT2D eigenvalue weighted by Crippen LogP contribution is 2.13. The molecule has 0 aromatic carbocycles. The van der Waals surface area contributed by atoms with Crippen LogP contribution in [0, 0.1) is 5.82 Å². The third-order valence-electron chi connectivity index (χ3n) is 2.16. The first-order valence-corrected chi connectivity index (χ1v) is 5.28. The number of carboxylic acids is 1. The summed E-state index contributed by atoms with van der Waals surface area (Å²) in [6.07, 6.45) is 4.10. The van der Waals surface area contributed by atoms with Gasteiger partial charge in [-0.05, 0) is 12.5 Å². The maximum absolute atomic E-state index is 12.8. The topological polar surface area (TPSA) is 62.2 Å². The molecule has 1 aromatic heterocycles. The Kier molecular flexibility index (Phi) is 4.69. The van der Waals surface area contributed by atoms with Gasteiger partial charge in [0.05, 0.1) is 6.20 Å². The highest BCUT2D eigenvalue weighted by atomic mass is 19.1. The maximum atomic E-state index is 12.8. The van der Waals surface area contributed by atoms with Crippen LogP contribution in [0.5, 0.6) is 0 Å². The van der Waals surface area contributed by atoms with E-state index in [4.69, 9.17) is 5.11 Å². The molecule has 2 N–H and O–H groups in total. The summed E-state index contributed by atoms with van der Waals surface area (Å²) in [6, 6.07) is 0.970. The predicted molar refractivity (Wildman–Crippen MR) is 59.2 cm³/mol. The molecule has 1 heterocycles. The van der Waals surface area contributed by atoms with E-state index in [0.29, 0.717) is 6.54 Å². The number of carboxylic acid groups (broad SMARTS) is 1. The normalized spacial score (nSPS) is 10.1. The van der Waals surface area contributed by atoms with Crippen LogP contribution in [0.1, 0.15) is 36.5 Å². The van der Waals surface area contributed by atoms with Crippen LogP contribution in [-0.4, -0.2) is 22.6 Å². The van der Waals surface area contributed by atoms with Gasteiger partial charge in [-0.2, -0.15) is 0 Å². The quantitative estimate of drug-likeness (QED) is 0.731. The SMILES string of the molecule is CCCCCNc1ncc(F)cc1C(=O)O. The Morgan fingerprint density at radius 1 is 1.56 bits per heavy atom. The second kappa shape index (κ2) is 6.05. The van der Waals surface area contributed by atoms with Gasteiger partial charge in [0.15, 0.2) is 0 Å². The zero-order valence-corrected chi connectivity index (χ0v) is 9.16. The molecule has 4 nitrogen and oxygen atoms in total. The van der Waals surface area contributed by atoms with Crippen LogP contribution in [0.2, 0.25) is 0 Å². The highest BCUT2D eigenvalue weighted by Gasteiger charge is 2.12. The molecule has 16 heavy (non-hydrogen) atoms. The molecule has 0 radical (unpaired) electrons. The van der Waals surface area contributed by atoms with Crippen LogP contribution >= 0.6 is 0 Å². The number of unbranched alkanes of at least 4 members (excludes halogenated alkanes) is 2. The van der Waals surface area contributed by atoms with Crippen molar-refractivity contribution in [1.29, 1.82) is 0 Å². The molecule has 0 aliphatic rings. The van der Waals surface area contributed by atoms with Crippen LogP contribution < -0.4 is 5.32 Å². The lowest BCUT2D eigenvalue weighted by Gasteiger charge is -2.07. The van der Waals surface area contributed by atoms with Crippen molar-refractivity contribution < 1.29 is 14.3 Å². The Morgan fingerprint density at radius 3 is 2.94 bits per heavy atom. The van der Waals surface area contributed by atoms with Crippen molar-refractivity contribution in [3.05, 3.63) is 23.6 Å². The Morgan fingerprint density at radius 2 is 2.31 bits per heavy atom. The number of halogens is 1. The maximum Gasteiger partial charge on any atom is 0.339 e. The summed E-state index contributed by atoms with van der Waals surface area (Å²) in [6.45, 7) is 2.73. The Bertz CT molecular complexity index is 369. The van der Waals surface area contributed by atoms with E-state index in [0.717, 1.165) is 31.5 Å². The third-order valence-corrected chi connectivity index (χ3v) is 2.16. The zero-order chi connectivity index (χ0) is 12.0. The molecular weight excluding hydrogens is 211 g/mol. The molecule has 88 valence electrons. The van der Waals surface area contributed by atoms with Crippen LogP contribution in [-0.2, 0) is 0 Å². The van der Waals surface area contributed by atoms with Crippen LogP contribution in [0.15, 0.2) is 12.3 Å². The third kappa shape index (κ3) is 3.49. The van der Waals surface area contributed by atoms with E-state index >= 15 is 0 Å². The summed E-state index contributed by atoms with van der Waals surface area (Å²) in [7, 11) is 0. The number of aromatic nitrogens is 1. The molecule has 0 fully saturated rings. The van der Waals surface area contributed by atoms with E-state index in [1.165, 1.54) is 0 Å². The van der Waals surface area contributed by atoms with E-state index in [1.54, 1.807) is 0 Å². The van der Waals surface area contributed by atoms with Gasteiger partial charge in [-0.15, -0.1) is 0 Å². The van der Waals surface area contributed by atoms with E-state index in [9.17, 15) is 9.18 Å². The lowest BCUT2D eigenvalue weighted by atomic mass is 10.2. The lowest BCUT2D eigenvalue weighted by Crippen LogP contribution is -2.10. The number of anilines is 1. The molecule has 0 saturated carbocycles. The largest absolute Gasteiger partial charge is 0.478 e.